The number of halogens is 1. The number of hydrogen-bond acceptors (Lipinski definition) is 3. The molecule has 0 fully saturated rings. The Morgan fingerprint density at radius 2 is 1.60 bits per heavy atom. The zero-order valence-electron chi connectivity index (χ0n) is 14.0. The molecule has 0 radical (unpaired) electrons. The van der Waals surface area contributed by atoms with Crippen molar-refractivity contribution in [1.82, 2.24) is 4.31 Å². The van der Waals surface area contributed by atoms with Gasteiger partial charge in [-0.25, -0.2) is 8.42 Å². The third kappa shape index (κ3) is 4.60. The zero-order valence-corrected chi connectivity index (χ0v) is 15.6. The van der Waals surface area contributed by atoms with E-state index in [9.17, 15) is 18.3 Å². The average Bonchev–Trinajstić information content (AvgIpc) is 2.59. The SMILES string of the molecule is CCc1ccc(CC(C(=O)O)N(C)S(=O)(=O)c2ccc(Cl)cc2)cc1. The highest BCUT2D eigenvalue weighted by molar-refractivity contribution is 7.89. The summed E-state index contributed by atoms with van der Waals surface area (Å²) in [4.78, 5) is 11.7. The Balaban J connectivity index is 2.28. The smallest absolute Gasteiger partial charge is 0.322 e. The van der Waals surface area contributed by atoms with Gasteiger partial charge in [-0.1, -0.05) is 42.8 Å². The van der Waals surface area contributed by atoms with Gasteiger partial charge in [-0.3, -0.25) is 4.79 Å². The van der Waals surface area contributed by atoms with E-state index in [2.05, 4.69) is 0 Å². The average molecular weight is 382 g/mol. The van der Waals surface area contributed by atoms with Gasteiger partial charge in [0.25, 0.3) is 0 Å². The molecule has 0 aromatic heterocycles. The lowest BCUT2D eigenvalue weighted by molar-refractivity contribution is -0.141. The van der Waals surface area contributed by atoms with Crippen LogP contribution in [0.1, 0.15) is 18.1 Å². The molecule has 0 spiro atoms. The molecule has 0 saturated carbocycles. The first kappa shape index (κ1) is 19.4. The first-order chi connectivity index (χ1) is 11.8. The molecular formula is C18H20ClNO4S. The Morgan fingerprint density at radius 3 is 2.08 bits per heavy atom. The van der Waals surface area contributed by atoms with Gasteiger partial charge in [-0.2, -0.15) is 4.31 Å². The molecule has 1 unspecified atom stereocenters. The highest BCUT2D eigenvalue weighted by Gasteiger charge is 2.32. The molecule has 5 nitrogen and oxygen atoms in total. The highest BCUT2D eigenvalue weighted by Crippen LogP contribution is 2.21. The number of likely N-dealkylation sites (N-methyl/N-ethyl adjacent to an activating group) is 1. The Kier molecular flexibility index (Phi) is 6.21. The maximum absolute atomic E-state index is 12.7. The van der Waals surface area contributed by atoms with Crippen LogP contribution in [0.4, 0.5) is 0 Å². The fourth-order valence-electron chi connectivity index (χ4n) is 2.45. The van der Waals surface area contributed by atoms with Gasteiger partial charge in [0, 0.05) is 12.1 Å². The number of sulfonamides is 1. The standard InChI is InChI=1S/C18H20ClNO4S/c1-3-13-4-6-14(7-5-13)12-17(18(21)22)20(2)25(23,24)16-10-8-15(19)9-11-16/h4-11,17H,3,12H2,1-2H3,(H,21,22). The van der Waals surface area contributed by atoms with Crippen molar-refractivity contribution in [2.45, 2.75) is 30.7 Å². The molecular weight excluding hydrogens is 362 g/mol. The molecule has 2 aromatic rings. The lowest BCUT2D eigenvalue weighted by Gasteiger charge is -2.24. The van der Waals surface area contributed by atoms with Crippen LogP contribution in [0.25, 0.3) is 0 Å². The van der Waals surface area contributed by atoms with Crippen molar-refractivity contribution in [2.24, 2.45) is 0 Å². The Labute approximate surface area is 152 Å². The van der Waals surface area contributed by atoms with Gasteiger partial charge >= 0.3 is 5.97 Å². The molecule has 134 valence electrons. The fourth-order valence-corrected chi connectivity index (χ4v) is 3.88. The molecule has 2 aromatic carbocycles. The number of carbonyl (C=O) groups is 1. The van der Waals surface area contributed by atoms with Gasteiger partial charge < -0.3 is 5.11 Å². The molecule has 0 saturated heterocycles. The second kappa shape index (κ2) is 7.99. The monoisotopic (exact) mass is 381 g/mol. The molecule has 0 bridgehead atoms. The number of aliphatic carboxylic acids is 1. The predicted octanol–water partition coefficient (Wildman–Crippen LogP) is 3.22. The van der Waals surface area contributed by atoms with Gasteiger partial charge in [-0.15, -0.1) is 0 Å². The first-order valence-corrected chi connectivity index (χ1v) is 9.61. The van der Waals surface area contributed by atoms with E-state index in [1.807, 2.05) is 31.2 Å². The lowest BCUT2D eigenvalue weighted by atomic mass is 10.0. The fraction of sp³-hybridized carbons (Fsp3) is 0.278. The Hall–Kier alpha value is -1.89. The zero-order chi connectivity index (χ0) is 18.6. The minimum Gasteiger partial charge on any atom is -0.480 e. The number of carboxylic acid groups (broad SMARTS) is 1. The van der Waals surface area contributed by atoms with Crippen LogP contribution in [-0.2, 0) is 27.7 Å². The molecule has 0 amide bonds. The summed E-state index contributed by atoms with van der Waals surface area (Å²) in [6.07, 6.45) is 0.968. The van der Waals surface area contributed by atoms with Gasteiger partial charge in [0.2, 0.25) is 10.0 Å². The van der Waals surface area contributed by atoms with Crippen molar-refractivity contribution < 1.29 is 18.3 Å². The molecule has 0 heterocycles. The van der Waals surface area contributed by atoms with Gasteiger partial charge in [0.15, 0.2) is 0 Å². The summed E-state index contributed by atoms with van der Waals surface area (Å²) in [6.45, 7) is 2.03. The van der Waals surface area contributed by atoms with Crippen LogP contribution in [0.2, 0.25) is 5.02 Å². The van der Waals surface area contributed by atoms with Crippen molar-refractivity contribution in [3.63, 3.8) is 0 Å². The number of rotatable bonds is 7. The second-order valence-electron chi connectivity index (χ2n) is 5.70. The van der Waals surface area contributed by atoms with E-state index in [4.69, 9.17) is 11.6 Å². The molecule has 2 rings (SSSR count). The van der Waals surface area contributed by atoms with Gasteiger partial charge in [0.1, 0.15) is 6.04 Å². The van der Waals surface area contributed by atoms with E-state index >= 15 is 0 Å². The summed E-state index contributed by atoms with van der Waals surface area (Å²) in [5.74, 6) is -1.19. The number of carboxylic acids is 1. The minimum atomic E-state index is -3.94. The summed E-state index contributed by atoms with van der Waals surface area (Å²) < 4.78 is 26.3. The molecule has 1 atom stereocenters. The van der Waals surface area contributed by atoms with Crippen molar-refractivity contribution in [1.29, 1.82) is 0 Å². The normalized spacial score (nSPS) is 13.0. The number of benzene rings is 2. The van der Waals surface area contributed by atoms with Crippen molar-refractivity contribution in [2.75, 3.05) is 7.05 Å². The quantitative estimate of drug-likeness (QED) is 0.799. The molecule has 0 aliphatic rings. The van der Waals surface area contributed by atoms with Crippen LogP contribution in [0.5, 0.6) is 0 Å². The van der Waals surface area contributed by atoms with Crippen LogP contribution in [-0.4, -0.2) is 36.9 Å². The predicted molar refractivity (Wildman–Crippen MR) is 97.3 cm³/mol. The van der Waals surface area contributed by atoms with Gasteiger partial charge in [0.05, 0.1) is 4.90 Å². The molecule has 0 aliphatic heterocycles. The summed E-state index contributed by atoms with van der Waals surface area (Å²) in [7, 11) is -2.66. The van der Waals surface area contributed by atoms with E-state index in [-0.39, 0.29) is 11.3 Å². The first-order valence-electron chi connectivity index (χ1n) is 7.80. The van der Waals surface area contributed by atoms with E-state index in [0.29, 0.717) is 5.02 Å². The molecule has 1 N–H and O–H groups in total. The maximum atomic E-state index is 12.7. The molecule has 0 aliphatic carbocycles. The highest BCUT2D eigenvalue weighted by atomic mass is 35.5. The Morgan fingerprint density at radius 1 is 1.08 bits per heavy atom. The van der Waals surface area contributed by atoms with E-state index in [0.717, 1.165) is 21.9 Å². The molecule has 25 heavy (non-hydrogen) atoms. The third-order valence-electron chi connectivity index (χ3n) is 4.07. The van der Waals surface area contributed by atoms with Gasteiger partial charge in [-0.05, 0) is 48.2 Å². The van der Waals surface area contributed by atoms with Crippen molar-refractivity contribution >= 4 is 27.6 Å². The summed E-state index contributed by atoms with van der Waals surface area (Å²) in [5, 5.41) is 9.94. The summed E-state index contributed by atoms with van der Waals surface area (Å²) in [6, 6.07) is 11.9. The van der Waals surface area contributed by atoms with E-state index in [1.54, 1.807) is 0 Å². The van der Waals surface area contributed by atoms with Crippen LogP contribution < -0.4 is 0 Å². The third-order valence-corrected chi connectivity index (χ3v) is 6.21. The van der Waals surface area contributed by atoms with Crippen LogP contribution in [0.3, 0.4) is 0 Å². The number of nitrogens with zero attached hydrogens (tertiary/aromatic N) is 1. The maximum Gasteiger partial charge on any atom is 0.322 e. The minimum absolute atomic E-state index is 0.00646. The number of hydrogen-bond donors (Lipinski definition) is 1. The summed E-state index contributed by atoms with van der Waals surface area (Å²) >= 11 is 5.78. The van der Waals surface area contributed by atoms with Crippen LogP contribution in [0, 0.1) is 0 Å². The van der Waals surface area contributed by atoms with E-state index < -0.39 is 22.0 Å². The van der Waals surface area contributed by atoms with Crippen LogP contribution in [0.15, 0.2) is 53.4 Å². The Bertz CT molecular complexity index is 832. The van der Waals surface area contributed by atoms with Crippen molar-refractivity contribution in [3.8, 4) is 0 Å². The second-order valence-corrected chi connectivity index (χ2v) is 8.14. The lowest BCUT2D eigenvalue weighted by Crippen LogP contribution is -2.43. The molecule has 7 heteroatoms. The van der Waals surface area contributed by atoms with E-state index in [1.165, 1.54) is 31.3 Å². The van der Waals surface area contributed by atoms with Crippen molar-refractivity contribution in [3.05, 3.63) is 64.7 Å². The van der Waals surface area contributed by atoms with Crippen LogP contribution >= 0.6 is 11.6 Å². The number of aryl methyl sites for hydroxylation is 1. The summed E-state index contributed by atoms with van der Waals surface area (Å²) in [5.41, 5.74) is 1.90. The topological polar surface area (TPSA) is 74.7 Å². The largest absolute Gasteiger partial charge is 0.480 e.